The second-order valence-electron chi connectivity index (χ2n) is 5.69. The van der Waals surface area contributed by atoms with Gasteiger partial charge in [-0.3, -0.25) is 19.7 Å². The predicted molar refractivity (Wildman–Crippen MR) is 102 cm³/mol. The monoisotopic (exact) mass is 409 g/mol. The number of hydrogen-bond donors (Lipinski definition) is 3. The van der Waals surface area contributed by atoms with E-state index in [1.165, 1.54) is 18.7 Å². The summed E-state index contributed by atoms with van der Waals surface area (Å²) in [6.07, 6.45) is 0.838. The summed E-state index contributed by atoms with van der Waals surface area (Å²) in [6.45, 7) is 3.41. The molecule has 1 amide bonds. The van der Waals surface area contributed by atoms with E-state index in [0.717, 1.165) is 28.9 Å². The maximum Gasteiger partial charge on any atom is 0.312 e. The number of thioether (sulfide) groups is 1. The van der Waals surface area contributed by atoms with E-state index in [1.807, 2.05) is 13.0 Å². The van der Waals surface area contributed by atoms with Crippen LogP contribution in [-0.4, -0.2) is 38.1 Å². The topological polar surface area (TPSA) is 129 Å². The normalized spacial score (nSPS) is 10.6. The number of rotatable bonds is 9. The number of Topliss-reactive ketones (excluding diaryl/α,β-unsaturated/α-hetero) is 1. The Morgan fingerprint density at radius 2 is 2.00 bits per heavy atom. The first-order valence-electron chi connectivity index (χ1n) is 8.14. The summed E-state index contributed by atoms with van der Waals surface area (Å²) in [4.78, 5) is 33.6. The van der Waals surface area contributed by atoms with Crippen LogP contribution in [0.2, 0.25) is 0 Å². The van der Waals surface area contributed by atoms with Gasteiger partial charge < -0.3 is 10.2 Å². The summed E-state index contributed by atoms with van der Waals surface area (Å²) in [6, 6.07) is 3.44. The van der Waals surface area contributed by atoms with Crippen LogP contribution in [0.25, 0.3) is 0 Å². The Morgan fingerprint density at radius 3 is 2.63 bits per heavy atom. The van der Waals surface area contributed by atoms with E-state index in [4.69, 9.17) is 5.11 Å². The van der Waals surface area contributed by atoms with Crippen LogP contribution in [0.4, 0.5) is 5.13 Å². The molecule has 1 heterocycles. The number of carbonyl (C=O) groups excluding carboxylic acids is 2. The SMILES string of the molecule is CCCc1c(CSc2nnc(NC(=O)CC(=O)O)s2)ccc(C(C)=O)c1O. The molecule has 2 aromatic rings. The van der Waals surface area contributed by atoms with E-state index in [-0.39, 0.29) is 16.7 Å². The lowest BCUT2D eigenvalue weighted by atomic mass is 9.98. The van der Waals surface area contributed by atoms with Gasteiger partial charge in [0.05, 0.1) is 5.56 Å². The number of ketones is 1. The highest BCUT2D eigenvalue weighted by Gasteiger charge is 2.16. The fourth-order valence-electron chi connectivity index (χ4n) is 2.39. The average molecular weight is 409 g/mol. The number of benzene rings is 1. The van der Waals surface area contributed by atoms with Gasteiger partial charge in [-0.2, -0.15) is 0 Å². The lowest BCUT2D eigenvalue weighted by molar-refractivity contribution is -0.139. The first kappa shape index (κ1) is 20.8. The van der Waals surface area contributed by atoms with Gasteiger partial charge in [-0.15, -0.1) is 10.2 Å². The Balaban J connectivity index is 2.08. The highest BCUT2D eigenvalue weighted by atomic mass is 32.2. The first-order valence-corrected chi connectivity index (χ1v) is 9.94. The number of amides is 1. The number of hydrogen-bond acceptors (Lipinski definition) is 8. The molecule has 0 bridgehead atoms. The van der Waals surface area contributed by atoms with E-state index in [0.29, 0.717) is 22.1 Å². The molecule has 0 atom stereocenters. The summed E-state index contributed by atoms with van der Waals surface area (Å²) in [5.74, 6) is -1.52. The quantitative estimate of drug-likeness (QED) is 0.249. The van der Waals surface area contributed by atoms with Gasteiger partial charge in [0.25, 0.3) is 0 Å². The van der Waals surface area contributed by atoms with Crippen molar-refractivity contribution in [3.05, 3.63) is 28.8 Å². The Bertz CT molecular complexity index is 866. The molecule has 0 aliphatic heterocycles. The molecule has 2 rings (SSSR count). The number of nitrogens with one attached hydrogen (secondary N) is 1. The molecule has 0 unspecified atom stereocenters. The van der Waals surface area contributed by atoms with Crippen molar-refractivity contribution in [2.45, 2.75) is 43.2 Å². The van der Waals surface area contributed by atoms with Crippen molar-refractivity contribution in [3.8, 4) is 5.75 Å². The zero-order valence-corrected chi connectivity index (χ0v) is 16.4. The highest BCUT2D eigenvalue weighted by Crippen LogP contribution is 2.34. The molecule has 0 fully saturated rings. The zero-order valence-electron chi connectivity index (χ0n) is 14.8. The molecular weight excluding hydrogens is 390 g/mol. The molecule has 0 saturated carbocycles. The minimum absolute atomic E-state index is 0.0290. The third-order valence-electron chi connectivity index (χ3n) is 3.57. The highest BCUT2D eigenvalue weighted by molar-refractivity contribution is 8.00. The summed E-state index contributed by atoms with van der Waals surface area (Å²) in [5, 5.41) is 29.4. The van der Waals surface area contributed by atoms with E-state index >= 15 is 0 Å². The second-order valence-corrected chi connectivity index (χ2v) is 7.89. The number of aromatic hydroxyl groups is 1. The van der Waals surface area contributed by atoms with Crippen molar-refractivity contribution < 1.29 is 24.6 Å². The van der Waals surface area contributed by atoms with E-state index < -0.39 is 18.3 Å². The van der Waals surface area contributed by atoms with Crippen molar-refractivity contribution in [2.75, 3.05) is 5.32 Å². The smallest absolute Gasteiger partial charge is 0.312 e. The minimum atomic E-state index is -1.22. The van der Waals surface area contributed by atoms with Crippen LogP contribution < -0.4 is 5.32 Å². The molecular formula is C17H19N3O5S2. The average Bonchev–Trinajstić information content (AvgIpc) is 3.01. The van der Waals surface area contributed by atoms with Crippen molar-refractivity contribution in [3.63, 3.8) is 0 Å². The molecule has 27 heavy (non-hydrogen) atoms. The van der Waals surface area contributed by atoms with Crippen LogP contribution in [0.15, 0.2) is 16.5 Å². The molecule has 10 heteroatoms. The molecule has 3 N–H and O–H groups in total. The summed E-state index contributed by atoms with van der Waals surface area (Å²) < 4.78 is 0.596. The predicted octanol–water partition coefficient (Wildman–Crippen LogP) is 3.10. The molecule has 0 aliphatic rings. The van der Waals surface area contributed by atoms with Crippen molar-refractivity contribution in [1.29, 1.82) is 0 Å². The van der Waals surface area contributed by atoms with Crippen LogP contribution in [-0.2, 0) is 21.8 Å². The molecule has 0 aliphatic carbocycles. The van der Waals surface area contributed by atoms with Crippen LogP contribution >= 0.6 is 23.1 Å². The lowest BCUT2D eigenvalue weighted by Gasteiger charge is -2.12. The zero-order chi connectivity index (χ0) is 20.0. The third-order valence-corrected chi connectivity index (χ3v) is 5.60. The van der Waals surface area contributed by atoms with Gasteiger partial charge in [0.15, 0.2) is 10.1 Å². The van der Waals surface area contributed by atoms with Gasteiger partial charge in [0, 0.05) is 5.75 Å². The van der Waals surface area contributed by atoms with Crippen LogP contribution in [0.1, 0.15) is 48.2 Å². The Kier molecular flexibility index (Phi) is 7.31. The van der Waals surface area contributed by atoms with Gasteiger partial charge in [0.2, 0.25) is 11.0 Å². The molecule has 0 saturated heterocycles. The van der Waals surface area contributed by atoms with E-state index in [9.17, 15) is 19.5 Å². The number of aromatic nitrogens is 2. The van der Waals surface area contributed by atoms with Crippen molar-refractivity contribution in [1.82, 2.24) is 10.2 Å². The summed E-state index contributed by atoms with van der Waals surface area (Å²) >= 11 is 2.52. The van der Waals surface area contributed by atoms with Crippen LogP contribution in [0.3, 0.4) is 0 Å². The molecule has 144 valence electrons. The van der Waals surface area contributed by atoms with Crippen LogP contribution in [0, 0.1) is 0 Å². The summed E-state index contributed by atoms with van der Waals surface area (Å²) in [7, 11) is 0. The Morgan fingerprint density at radius 1 is 1.26 bits per heavy atom. The number of carboxylic acid groups (broad SMARTS) is 1. The lowest BCUT2D eigenvalue weighted by Crippen LogP contribution is -2.15. The number of carbonyl (C=O) groups is 3. The standard InChI is InChI=1S/C17H19N3O5S2/c1-3-4-12-10(5-6-11(9(2)21)15(12)25)8-26-17-20-19-16(27-17)18-13(22)7-14(23)24/h5-6,25H,3-4,7-8H2,1-2H3,(H,23,24)(H,18,19,22). The maximum absolute atomic E-state index is 11.6. The number of nitrogens with zero attached hydrogens (tertiary/aromatic N) is 2. The number of anilines is 1. The first-order chi connectivity index (χ1) is 12.8. The van der Waals surface area contributed by atoms with Gasteiger partial charge >= 0.3 is 5.97 Å². The second kappa shape index (κ2) is 9.47. The third kappa shape index (κ3) is 5.76. The van der Waals surface area contributed by atoms with Gasteiger partial charge in [0.1, 0.15) is 12.2 Å². The van der Waals surface area contributed by atoms with E-state index in [1.54, 1.807) is 6.07 Å². The van der Waals surface area contributed by atoms with Crippen LogP contribution in [0.5, 0.6) is 5.75 Å². The minimum Gasteiger partial charge on any atom is -0.507 e. The fraction of sp³-hybridized carbons (Fsp3) is 0.353. The molecule has 0 spiro atoms. The van der Waals surface area contributed by atoms with Gasteiger partial charge in [-0.1, -0.05) is 42.5 Å². The molecule has 1 aromatic carbocycles. The van der Waals surface area contributed by atoms with Crippen molar-refractivity contribution >= 4 is 45.9 Å². The fourth-order valence-corrected chi connectivity index (χ4v) is 4.18. The number of phenolic OH excluding ortho intramolecular Hbond substituents is 1. The number of aliphatic carboxylic acids is 1. The Labute approximate surface area is 164 Å². The van der Waals surface area contributed by atoms with Gasteiger partial charge in [-0.25, -0.2) is 0 Å². The largest absolute Gasteiger partial charge is 0.507 e. The molecule has 8 nitrogen and oxygen atoms in total. The molecule has 0 radical (unpaired) electrons. The number of phenols is 1. The maximum atomic E-state index is 11.6. The Hall–Kier alpha value is -2.46. The van der Waals surface area contributed by atoms with E-state index in [2.05, 4.69) is 15.5 Å². The number of carboxylic acids is 1. The molecule has 1 aromatic heterocycles. The van der Waals surface area contributed by atoms with Gasteiger partial charge in [-0.05, 0) is 30.5 Å². The summed E-state index contributed by atoms with van der Waals surface area (Å²) in [5.41, 5.74) is 1.96. The van der Waals surface area contributed by atoms with Crippen molar-refractivity contribution in [2.24, 2.45) is 0 Å².